The van der Waals surface area contributed by atoms with Crippen molar-refractivity contribution in [1.82, 2.24) is 9.13 Å². The lowest BCUT2D eigenvalue weighted by atomic mass is 10.0. The second-order valence-electron chi connectivity index (χ2n) is 11.2. The lowest BCUT2D eigenvalue weighted by Crippen LogP contribution is -1.98. The van der Waals surface area contributed by atoms with Gasteiger partial charge in [-0.25, -0.2) is 0 Å². The highest BCUT2D eigenvalue weighted by atomic mass is 15.0. The molecule has 2 heterocycles. The molecular formula is C40H28N2. The maximum atomic E-state index is 2.50. The molecule has 0 saturated carbocycles. The third-order valence-corrected chi connectivity index (χ3v) is 8.92. The molecule has 2 aromatic heterocycles. The fourth-order valence-corrected chi connectivity index (χ4v) is 7.05. The molecule has 0 amide bonds. The molecule has 198 valence electrons. The second-order valence-corrected chi connectivity index (χ2v) is 11.2. The van der Waals surface area contributed by atoms with Crippen LogP contribution in [0.5, 0.6) is 0 Å². The third kappa shape index (κ3) is 3.33. The predicted octanol–water partition coefficient (Wildman–Crippen LogP) is 10.9. The van der Waals surface area contributed by atoms with Crippen LogP contribution in [-0.2, 0) is 0 Å². The Kier molecular flexibility index (Phi) is 5.06. The Morgan fingerprint density at radius 2 is 1.19 bits per heavy atom. The molecule has 0 saturated heterocycles. The van der Waals surface area contributed by atoms with Crippen molar-refractivity contribution in [1.29, 1.82) is 0 Å². The minimum absolute atomic E-state index is 1.06. The van der Waals surface area contributed by atoms with Crippen LogP contribution in [0.15, 0.2) is 146 Å². The zero-order chi connectivity index (χ0) is 27.6. The van der Waals surface area contributed by atoms with Gasteiger partial charge in [0.2, 0.25) is 0 Å². The van der Waals surface area contributed by atoms with Crippen LogP contribution < -0.4 is 0 Å². The number of hydrogen-bond acceptors (Lipinski definition) is 0. The van der Waals surface area contributed by atoms with Gasteiger partial charge in [-0.3, -0.25) is 0 Å². The normalized spacial score (nSPS) is 13.6. The van der Waals surface area contributed by atoms with Crippen molar-refractivity contribution in [2.75, 3.05) is 0 Å². The number of hydrogen-bond donors (Lipinski definition) is 0. The first-order chi connectivity index (χ1) is 20.9. The van der Waals surface area contributed by atoms with Crippen LogP contribution in [0.3, 0.4) is 0 Å². The molecular weight excluding hydrogens is 508 g/mol. The van der Waals surface area contributed by atoms with Gasteiger partial charge in [-0.15, -0.1) is 0 Å². The van der Waals surface area contributed by atoms with Crippen LogP contribution in [0.1, 0.15) is 12.8 Å². The van der Waals surface area contributed by atoms with E-state index >= 15 is 0 Å². The summed E-state index contributed by atoms with van der Waals surface area (Å²) in [6.07, 6.45) is 9.16. The van der Waals surface area contributed by atoms with Gasteiger partial charge in [0, 0.05) is 38.3 Å². The van der Waals surface area contributed by atoms with E-state index in [1.165, 1.54) is 76.9 Å². The number of allylic oxidation sites excluding steroid dienone is 4. The summed E-state index contributed by atoms with van der Waals surface area (Å²) in [5.41, 5.74) is 9.91. The molecule has 0 atom stereocenters. The summed E-state index contributed by atoms with van der Waals surface area (Å²) in [4.78, 5) is 0. The first-order valence-electron chi connectivity index (χ1n) is 14.8. The lowest BCUT2D eigenvalue weighted by Gasteiger charge is -2.13. The summed E-state index contributed by atoms with van der Waals surface area (Å²) < 4.78 is 4.98. The molecule has 2 nitrogen and oxygen atoms in total. The Morgan fingerprint density at radius 1 is 0.452 bits per heavy atom. The van der Waals surface area contributed by atoms with Gasteiger partial charge in [0.25, 0.3) is 0 Å². The molecule has 2 heteroatoms. The highest BCUT2D eigenvalue weighted by Crippen LogP contribution is 2.44. The molecule has 0 radical (unpaired) electrons. The third-order valence-electron chi connectivity index (χ3n) is 8.92. The van der Waals surface area contributed by atoms with E-state index in [-0.39, 0.29) is 0 Å². The maximum absolute atomic E-state index is 2.50. The van der Waals surface area contributed by atoms with Gasteiger partial charge in [-0.1, -0.05) is 115 Å². The van der Waals surface area contributed by atoms with E-state index in [0.29, 0.717) is 0 Å². The van der Waals surface area contributed by atoms with Crippen molar-refractivity contribution in [3.8, 4) is 16.8 Å². The zero-order valence-electron chi connectivity index (χ0n) is 23.2. The van der Waals surface area contributed by atoms with E-state index in [4.69, 9.17) is 0 Å². The topological polar surface area (TPSA) is 9.86 Å². The monoisotopic (exact) mass is 536 g/mol. The SMILES string of the molecule is C1=CC(n2c3ccc4c5ccccc5n(-c5ccc(-c6ccccc6)cc5)c4c3c3ccc4ccccc4c32)=CCC1. The van der Waals surface area contributed by atoms with Crippen LogP contribution in [0, 0.1) is 0 Å². The van der Waals surface area contributed by atoms with E-state index in [2.05, 4.69) is 155 Å². The number of nitrogens with zero attached hydrogens (tertiary/aromatic N) is 2. The summed E-state index contributed by atoms with van der Waals surface area (Å²) in [5, 5.41) is 7.71. The molecule has 8 aromatic rings. The smallest absolute Gasteiger partial charge is 0.0641 e. The van der Waals surface area contributed by atoms with Gasteiger partial charge in [0.15, 0.2) is 0 Å². The summed E-state index contributed by atoms with van der Waals surface area (Å²) >= 11 is 0. The van der Waals surface area contributed by atoms with Crippen molar-refractivity contribution in [3.63, 3.8) is 0 Å². The highest BCUT2D eigenvalue weighted by molar-refractivity contribution is 6.29. The van der Waals surface area contributed by atoms with Crippen molar-refractivity contribution in [2.24, 2.45) is 0 Å². The Labute approximate surface area is 244 Å². The molecule has 0 bridgehead atoms. The molecule has 0 fully saturated rings. The molecule has 0 unspecified atom stereocenters. The Bertz CT molecular complexity index is 2380. The Balaban J connectivity index is 1.44. The largest absolute Gasteiger partial charge is 0.309 e. The Morgan fingerprint density at radius 3 is 2.02 bits per heavy atom. The van der Waals surface area contributed by atoms with Gasteiger partial charge in [0.1, 0.15) is 0 Å². The summed E-state index contributed by atoms with van der Waals surface area (Å²) in [6.45, 7) is 0. The maximum Gasteiger partial charge on any atom is 0.0641 e. The van der Waals surface area contributed by atoms with Crippen LogP contribution in [-0.4, -0.2) is 9.13 Å². The quantitative estimate of drug-likeness (QED) is 0.212. The van der Waals surface area contributed by atoms with Gasteiger partial charge in [-0.05, 0) is 59.7 Å². The average Bonchev–Trinajstić information content (AvgIpc) is 3.59. The minimum Gasteiger partial charge on any atom is -0.309 e. The first-order valence-corrected chi connectivity index (χ1v) is 14.8. The van der Waals surface area contributed by atoms with Crippen LogP contribution >= 0.6 is 0 Å². The first kappa shape index (κ1) is 23.4. The molecule has 0 N–H and O–H groups in total. The lowest BCUT2D eigenvalue weighted by molar-refractivity contribution is 1.02. The molecule has 42 heavy (non-hydrogen) atoms. The van der Waals surface area contributed by atoms with E-state index in [1.807, 2.05) is 0 Å². The molecule has 1 aliphatic rings. The van der Waals surface area contributed by atoms with E-state index in [9.17, 15) is 0 Å². The number of rotatable bonds is 3. The van der Waals surface area contributed by atoms with E-state index in [1.54, 1.807) is 0 Å². The van der Waals surface area contributed by atoms with Gasteiger partial charge >= 0.3 is 0 Å². The van der Waals surface area contributed by atoms with E-state index < -0.39 is 0 Å². The summed E-state index contributed by atoms with van der Waals surface area (Å²) in [5.74, 6) is 0. The number of para-hydroxylation sites is 1. The Hall–Kier alpha value is -5.34. The predicted molar refractivity (Wildman–Crippen MR) is 179 cm³/mol. The van der Waals surface area contributed by atoms with Crippen LogP contribution in [0.4, 0.5) is 0 Å². The number of aromatic nitrogens is 2. The molecule has 0 spiro atoms. The molecule has 0 aliphatic heterocycles. The molecule has 9 rings (SSSR count). The van der Waals surface area contributed by atoms with Crippen molar-refractivity contribution in [2.45, 2.75) is 12.8 Å². The number of benzene rings is 6. The fourth-order valence-electron chi connectivity index (χ4n) is 7.05. The van der Waals surface area contributed by atoms with Crippen LogP contribution in [0.25, 0.3) is 76.9 Å². The standard InChI is InChI=1S/C40H28N2/c1-3-11-27(12-4-1)28-19-22-31(23-20-28)41-36-18-10-9-17-33(36)34-25-26-37-38(40(34)41)35-24-21-29-13-7-8-16-32(29)39(35)42(37)30-14-5-2-6-15-30/h1,3-5,7-26H,2,6H2. The summed E-state index contributed by atoms with van der Waals surface area (Å²) in [7, 11) is 0. The van der Waals surface area contributed by atoms with Crippen molar-refractivity contribution in [3.05, 3.63) is 146 Å². The van der Waals surface area contributed by atoms with E-state index in [0.717, 1.165) is 12.8 Å². The molecule has 1 aliphatic carbocycles. The highest BCUT2D eigenvalue weighted by Gasteiger charge is 2.22. The fraction of sp³-hybridized carbons (Fsp3) is 0.0500. The van der Waals surface area contributed by atoms with Gasteiger partial charge in [0.05, 0.1) is 22.1 Å². The molecule has 6 aromatic carbocycles. The van der Waals surface area contributed by atoms with Crippen LogP contribution in [0.2, 0.25) is 0 Å². The van der Waals surface area contributed by atoms with Crippen molar-refractivity contribution >= 4 is 60.1 Å². The van der Waals surface area contributed by atoms with Gasteiger partial charge in [-0.2, -0.15) is 0 Å². The van der Waals surface area contributed by atoms with Crippen molar-refractivity contribution < 1.29 is 0 Å². The number of fused-ring (bicyclic) bond motifs is 9. The minimum atomic E-state index is 1.06. The average molecular weight is 537 g/mol. The van der Waals surface area contributed by atoms with Gasteiger partial charge < -0.3 is 9.13 Å². The summed E-state index contributed by atoms with van der Waals surface area (Å²) in [6, 6.07) is 46.6. The zero-order valence-corrected chi connectivity index (χ0v) is 23.2. The second kappa shape index (κ2) is 9.09.